The average Bonchev–Trinajstić information content (AvgIpc) is 3.42. The highest BCUT2D eigenvalue weighted by atomic mass is 16.2. The average molecular weight is 398 g/mol. The Morgan fingerprint density at radius 3 is 2.80 bits per heavy atom. The van der Waals surface area contributed by atoms with Crippen molar-refractivity contribution in [1.29, 1.82) is 0 Å². The van der Waals surface area contributed by atoms with Crippen LogP contribution in [-0.2, 0) is 7.05 Å². The molecule has 1 saturated heterocycles. The fraction of sp³-hybridized carbons (Fsp3) is 0.261. The van der Waals surface area contributed by atoms with E-state index in [-0.39, 0.29) is 11.8 Å². The van der Waals surface area contributed by atoms with Gasteiger partial charge < -0.3 is 9.47 Å². The number of carbonyl (C=O) groups is 1. The van der Waals surface area contributed by atoms with Gasteiger partial charge in [-0.2, -0.15) is 0 Å². The molecule has 7 heteroatoms. The summed E-state index contributed by atoms with van der Waals surface area (Å²) in [6.07, 6.45) is 4.50. The quantitative estimate of drug-likeness (QED) is 0.529. The molecule has 4 aromatic rings. The van der Waals surface area contributed by atoms with Gasteiger partial charge in [0.15, 0.2) is 5.82 Å². The Kier molecular flexibility index (Phi) is 4.50. The highest BCUT2D eigenvalue weighted by Crippen LogP contribution is 2.28. The van der Waals surface area contributed by atoms with E-state index in [1.807, 2.05) is 66.0 Å². The molecule has 0 aliphatic carbocycles. The molecule has 1 fully saturated rings. The molecule has 0 saturated carbocycles. The van der Waals surface area contributed by atoms with Gasteiger partial charge in [-0.25, -0.2) is 19.9 Å². The van der Waals surface area contributed by atoms with Gasteiger partial charge in [0.05, 0.1) is 5.52 Å². The first-order valence-corrected chi connectivity index (χ1v) is 10.1. The van der Waals surface area contributed by atoms with Gasteiger partial charge >= 0.3 is 0 Å². The number of carbonyl (C=O) groups excluding carboxylic acids is 1. The molecule has 4 heterocycles. The molecule has 0 spiro atoms. The Morgan fingerprint density at radius 1 is 1.10 bits per heavy atom. The van der Waals surface area contributed by atoms with Crippen LogP contribution in [0.4, 0.5) is 0 Å². The molecule has 5 rings (SSSR count). The van der Waals surface area contributed by atoms with Crippen molar-refractivity contribution < 1.29 is 4.79 Å². The number of likely N-dealkylation sites (tertiary alicyclic amines) is 1. The van der Waals surface area contributed by atoms with E-state index in [4.69, 9.17) is 4.98 Å². The normalized spacial score (nSPS) is 16.3. The summed E-state index contributed by atoms with van der Waals surface area (Å²) in [5.41, 5.74) is 3.03. The van der Waals surface area contributed by atoms with Crippen LogP contribution in [-0.4, -0.2) is 48.4 Å². The van der Waals surface area contributed by atoms with Gasteiger partial charge in [0.2, 0.25) is 0 Å². The van der Waals surface area contributed by atoms with Crippen LogP contribution in [0, 0.1) is 6.92 Å². The first-order chi connectivity index (χ1) is 14.6. The molecule has 7 nitrogen and oxygen atoms in total. The maximum atomic E-state index is 13.0. The van der Waals surface area contributed by atoms with Crippen LogP contribution in [0.15, 0.2) is 54.9 Å². The zero-order valence-corrected chi connectivity index (χ0v) is 17.0. The second-order valence-electron chi connectivity index (χ2n) is 7.74. The summed E-state index contributed by atoms with van der Waals surface area (Å²) < 4.78 is 1.95. The van der Waals surface area contributed by atoms with Gasteiger partial charge in [0.1, 0.15) is 17.2 Å². The molecular weight excluding hydrogens is 376 g/mol. The third kappa shape index (κ3) is 3.32. The summed E-state index contributed by atoms with van der Waals surface area (Å²) >= 11 is 0. The van der Waals surface area contributed by atoms with Crippen molar-refractivity contribution >= 4 is 16.8 Å². The second kappa shape index (κ2) is 7.33. The number of rotatable bonds is 3. The van der Waals surface area contributed by atoms with Crippen LogP contribution in [0.1, 0.15) is 34.3 Å². The lowest BCUT2D eigenvalue weighted by Gasteiger charge is -2.16. The number of aromatic nitrogens is 5. The summed E-state index contributed by atoms with van der Waals surface area (Å²) in [5, 5.41) is 1.03. The van der Waals surface area contributed by atoms with E-state index >= 15 is 0 Å². The van der Waals surface area contributed by atoms with Crippen molar-refractivity contribution in [1.82, 2.24) is 29.4 Å². The third-order valence-electron chi connectivity index (χ3n) is 5.58. The molecule has 1 aromatic carbocycles. The van der Waals surface area contributed by atoms with Crippen molar-refractivity contribution in [3.63, 3.8) is 0 Å². The number of hydrogen-bond acceptors (Lipinski definition) is 5. The smallest absolute Gasteiger partial charge is 0.272 e. The Balaban J connectivity index is 1.38. The number of imidazole rings is 1. The molecule has 1 atom stereocenters. The lowest BCUT2D eigenvalue weighted by atomic mass is 10.1. The minimum Gasteiger partial charge on any atom is -0.337 e. The zero-order valence-electron chi connectivity index (χ0n) is 17.0. The number of fused-ring (bicyclic) bond motifs is 1. The van der Waals surface area contributed by atoms with E-state index in [0.717, 1.165) is 40.4 Å². The van der Waals surface area contributed by atoms with Gasteiger partial charge in [0.25, 0.3) is 5.91 Å². The molecule has 1 amide bonds. The van der Waals surface area contributed by atoms with Gasteiger partial charge in [-0.15, -0.1) is 0 Å². The molecule has 1 aliphatic rings. The van der Waals surface area contributed by atoms with Crippen LogP contribution in [0.3, 0.4) is 0 Å². The van der Waals surface area contributed by atoms with E-state index in [9.17, 15) is 4.79 Å². The molecule has 0 bridgehead atoms. The number of nitrogens with zero attached hydrogens (tertiary/aromatic N) is 6. The van der Waals surface area contributed by atoms with E-state index in [1.165, 1.54) is 0 Å². The van der Waals surface area contributed by atoms with E-state index in [2.05, 4.69) is 15.0 Å². The van der Waals surface area contributed by atoms with Crippen LogP contribution in [0.25, 0.3) is 22.4 Å². The minimum absolute atomic E-state index is 0.0415. The number of amides is 1. The third-order valence-corrected chi connectivity index (χ3v) is 5.58. The lowest BCUT2D eigenvalue weighted by Crippen LogP contribution is -2.29. The molecule has 0 N–H and O–H groups in total. The highest BCUT2D eigenvalue weighted by Gasteiger charge is 2.31. The van der Waals surface area contributed by atoms with Crippen molar-refractivity contribution in [2.45, 2.75) is 19.3 Å². The van der Waals surface area contributed by atoms with Crippen LogP contribution >= 0.6 is 0 Å². The van der Waals surface area contributed by atoms with Gasteiger partial charge in [-0.1, -0.05) is 24.3 Å². The second-order valence-corrected chi connectivity index (χ2v) is 7.74. The monoisotopic (exact) mass is 398 g/mol. The summed E-state index contributed by atoms with van der Waals surface area (Å²) in [6, 6.07) is 13.5. The topological polar surface area (TPSA) is 76.8 Å². The summed E-state index contributed by atoms with van der Waals surface area (Å²) in [4.78, 5) is 33.3. The highest BCUT2D eigenvalue weighted by molar-refractivity contribution is 5.95. The Morgan fingerprint density at radius 2 is 1.97 bits per heavy atom. The zero-order chi connectivity index (χ0) is 20.7. The van der Waals surface area contributed by atoms with E-state index < -0.39 is 0 Å². The molecule has 150 valence electrons. The minimum atomic E-state index is -0.0415. The predicted octanol–water partition coefficient (Wildman–Crippen LogP) is 3.36. The number of benzene rings is 1. The first kappa shape index (κ1) is 18.4. The fourth-order valence-corrected chi connectivity index (χ4v) is 4.00. The van der Waals surface area contributed by atoms with Crippen LogP contribution in [0.5, 0.6) is 0 Å². The van der Waals surface area contributed by atoms with Gasteiger partial charge in [0, 0.05) is 49.5 Å². The molecule has 0 radical (unpaired) electrons. The van der Waals surface area contributed by atoms with Gasteiger partial charge in [-0.3, -0.25) is 4.79 Å². The number of hydrogen-bond donors (Lipinski definition) is 0. The largest absolute Gasteiger partial charge is 0.337 e. The molecular formula is C23H22N6O. The van der Waals surface area contributed by atoms with E-state index in [0.29, 0.717) is 18.8 Å². The lowest BCUT2D eigenvalue weighted by molar-refractivity contribution is 0.0785. The number of para-hydroxylation sites is 1. The van der Waals surface area contributed by atoms with Crippen molar-refractivity contribution in [3.05, 3.63) is 72.1 Å². The van der Waals surface area contributed by atoms with Crippen molar-refractivity contribution in [2.24, 2.45) is 7.05 Å². The molecule has 1 aliphatic heterocycles. The SMILES string of the molecule is Cc1cc(-c2nccn2C)nc([C@H]2CCN(C(=O)c3ccc4ccccc4n3)C2)n1. The summed E-state index contributed by atoms with van der Waals surface area (Å²) in [6.45, 7) is 3.23. The van der Waals surface area contributed by atoms with E-state index in [1.54, 1.807) is 12.3 Å². The number of pyridine rings is 1. The fourth-order valence-electron chi connectivity index (χ4n) is 4.00. The molecule has 30 heavy (non-hydrogen) atoms. The Bertz CT molecular complexity index is 1250. The van der Waals surface area contributed by atoms with Gasteiger partial charge in [-0.05, 0) is 31.5 Å². The first-order valence-electron chi connectivity index (χ1n) is 10.1. The summed E-state index contributed by atoms with van der Waals surface area (Å²) in [5.74, 6) is 1.65. The molecule has 0 unspecified atom stereocenters. The Labute approximate surface area is 174 Å². The van der Waals surface area contributed by atoms with Crippen LogP contribution in [0.2, 0.25) is 0 Å². The maximum Gasteiger partial charge on any atom is 0.272 e. The Hall–Kier alpha value is -3.61. The number of aryl methyl sites for hydroxylation is 2. The van der Waals surface area contributed by atoms with Crippen LogP contribution < -0.4 is 0 Å². The standard InChI is InChI=1S/C23H22N6O/c1-15-13-20(22-24-10-12-28(22)2)27-21(25-15)17-9-11-29(14-17)23(30)19-8-7-16-5-3-4-6-18(16)26-19/h3-8,10,12-13,17H,9,11,14H2,1-2H3/t17-/m0/s1. The van der Waals surface area contributed by atoms with Crippen molar-refractivity contribution in [2.75, 3.05) is 13.1 Å². The summed E-state index contributed by atoms with van der Waals surface area (Å²) in [7, 11) is 1.95. The predicted molar refractivity (Wildman–Crippen MR) is 114 cm³/mol. The van der Waals surface area contributed by atoms with Crippen molar-refractivity contribution in [3.8, 4) is 11.5 Å². The maximum absolute atomic E-state index is 13.0. The molecule has 3 aromatic heterocycles.